The van der Waals surface area contributed by atoms with Gasteiger partial charge in [-0.05, 0) is 24.1 Å². The van der Waals surface area contributed by atoms with E-state index in [0.717, 1.165) is 17.5 Å². The van der Waals surface area contributed by atoms with E-state index >= 15 is 0 Å². The van der Waals surface area contributed by atoms with E-state index in [4.69, 9.17) is 4.52 Å². The first kappa shape index (κ1) is 14.0. The first-order valence-corrected chi connectivity index (χ1v) is 7.02. The number of nitrogens with one attached hydrogen (secondary N) is 1. The molecule has 0 fully saturated rings. The number of nitrogens with zero attached hydrogens (tertiary/aromatic N) is 2. The Morgan fingerprint density at radius 2 is 1.86 bits per heavy atom. The van der Waals surface area contributed by atoms with E-state index in [0.29, 0.717) is 12.3 Å². The molecule has 22 heavy (non-hydrogen) atoms. The zero-order chi connectivity index (χ0) is 15.2. The van der Waals surface area contributed by atoms with E-state index in [-0.39, 0.29) is 11.6 Å². The van der Waals surface area contributed by atoms with Gasteiger partial charge in [-0.3, -0.25) is 9.78 Å². The second-order valence-corrected chi connectivity index (χ2v) is 4.80. The van der Waals surface area contributed by atoms with Crippen LogP contribution >= 0.6 is 0 Å². The number of hydrogen-bond acceptors (Lipinski definition) is 4. The van der Waals surface area contributed by atoms with Crippen LogP contribution < -0.4 is 5.32 Å². The molecule has 5 heteroatoms. The predicted molar refractivity (Wildman–Crippen MR) is 82.2 cm³/mol. The van der Waals surface area contributed by atoms with Crippen LogP contribution in [-0.2, 0) is 6.42 Å². The number of amides is 1. The fourth-order valence-corrected chi connectivity index (χ4v) is 2.08. The van der Waals surface area contributed by atoms with Gasteiger partial charge in [-0.2, -0.15) is 0 Å². The lowest BCUT2D eigenvalue weighted by molar-refractivity contribution is 0.0945. The molecule has 0 unspecified atom stereocenters. The highest BCUT2D eigenvalue weighted by atomic mass is 16.5. The predicted octanol–water partition coefficient (Wildman–Crippen LogP) is 2.71. The summed E-state index contributed by atoms with van der Waals surface area (Å²) < 4.78 is 5.22. The van der Waals surface area contributed by atoms with E-state index in [2.05, 4.69) is 15.5 Å². The summed E-state index contributed by atoms with van der Waals surface area (Å²) in [5.74, 6) is 0.347. The maximum atomic E-state index is 12.0. The van der Waals surface area contributed by atoms with Gasteiger partial charge in [-0.1, -0.05) is 35.5 Å². The number of aromatic nitrogens is 2. The van der Waals surface area contributed by atoms with E-state index < -0.39 is 0 Å². The van der Waals surface area contributed by atoms with Crippen molar-refractivity contribution < 1.29 is 9.32 Å². The minimum Gasteiger partial charge on any atom is -0.355 e. The molecule has 110 valence electrons. The van der Waals surface area contributed by atoms with E-state index in [9.17, 15) is 4.79 Å². The summed E-state index contributed by atoms with van der Waals surface area (Å²) in [7, 11) is 0. The van der Waals surface area contributed by atoms with Gasteiger partial charge in [0.25, 0.3) is 5.91 Å². The molecule has 0 saturated heterocycles. The fourth-order valence-electron chi connectivity index (χ4n) is 2.08. The lowest BCUT2D eigenvalue weighted by atomic mass is 10.1. The Labute approximate surface area is 128 Å². The Morgan fingerprint density at radius 1 is 1.09 bits per heavy atom. The van der Waals surface area contributed by atoms with Crippen LogP contribution in [0.3, 0.4) is 0 Å². The summed E-state index contributed by atoms with van der Waals surface area (Å²) in [5.41, 5.74) is 2.31. The molecule has 1 amide bonds. The molecule has 0 spiro atoms. The minimum absolute atomic E-state index is 0.236. The normalized spacial score (nSPS) is 10.4. The molecule has 3 rings (SSSR count). The van der Waals surface area contributed by atoms with Gasteiger partial charge in [0.05, 0.1) is 0 Å². The molecule has 0 atom stereocenters. The Hall–Kier alpha value is -2.95. The van der Waals surface area contributed by atoms with Crippen molar-refractivity contribution in [1.82, 2.24) is 15.5 Å². The van der Waals surface area contributed by atoms with Crippen LogP contribution in [0.15, 0.2) is 65.4 Å². The van der Waals surface area contributed by atoms with Crippen molar-refractivity contribution in [3.8, 4) is 11.3 Å². The zero-order valence-electron chi connectivity index (χ0n) is 11.9. The van der Waals surface area contributed by atoms with Crippen molar-refractivity contribution in [3.63, 3.8) is 0 Å². The van der Waals surface area contributed by atoms with Crippen molar-refractivity contribution in [2.45, 2.75) is 6.42 Å². The molecule has 0 bridgehead atoms. The molecule has 0 aliphatic rings. The van der Waals surface area contributed by atoms with Gasteiger partial charge in [0.1, 0.15) is 0 Å². The second-order valence-electron chi connectivity index (χ2n) is 4.80. The van der Waals surface area contributed by atoms with Gasteiger partial charge < -0.3 is 9.84 Å². The molecule has 0 aliphatic carbocycles. The highest BCUT2D eigenvalue weighted by molar-refractivity contribution is 5.93. The Bertz CT molecular complexity index is 739. The zero-order valence-corrected chi connectivity index (χ0v) is 11.9. The van der Waals surface area contributed by atoms with E-state index in [1.807, 2.05) is 42.5 Å². The van der Waals surface area contributed by atoms with Crippen LogP contribution in [0, 0.1) is 0 Å². The van der Waals surface area contributed by atoms with Crippen LogP contribution in [0.25, 0.3) is 11.3 Å². The molecule has 5 nitrogen and oxygen atoms in total. The van der Waals surface area contributed by atoms with Crippen LogP contribution in [0.4, 0.5) is 0 Å². The summed E-state index contributed by atoms with van der Waals surface area (Å²) in [4.78, 5) is 16.0. The average molecular weight is 293 g/mol. The smallest absolute Gasteiger partial charge is 0.273 e. The molecule has 2 heterocycles. The second kappa shape index (κ2) is 6.67. The summed E-state index contributed by atoms with van der Waals surface area (Å²) >= 11 is 0. The van der Waals surface area contributed by atoms with Crippen molar-refractivity contribution in [2.24, 2.45) is 0 Å². The van der Waals surface area contributed by atoms with Crippen molar-refractivity contribution in [2.75, 3.05) is 6.54 Å². The monoisotopic (exact) mass is 293 g/mol. The summed E-state index contributed by atoms with van der Waals surface area (Å²) in [6.07, 6.45) is 4.22. The van der Waals surface area contributed by atoms with E-state index in [1.165, 1.54) is 0 Å². The summed E-state index contributed by atoms with van der Waals surface area (Å²) in [5, 5.41) is 6.65. The quantitative estimate of drug-likeness (QED) is 0.785. The fraction of sp³-hybridized carbons (Fsp3) is 0.118. The largest absolute Gasteiger partial charge is 0.355 e. The summed E-state index contributed by atoms with van der Waals surface area (Å²) in [6, 6.07) is 15.1. The topological polar surface area (TPSA) is 68.0 Å². The number of pyridine rings is 1. The molecule has 2 aromatic heterocycles. The molecule has 0 aliphatic heterocycles. The van der Waals surface area contributed by atoms with Crippen molar-refractivity contribution in [3.05, 3.63) is 72.2 Å². The van der Waals surface area contributed by atoms with Crippen LogP contribution in [0.2, 0.25) is 0 Å². The number of carbonyl (C=O) groups is 1. The molecule has 1 N–H and O–H groups in total. The van der Waals surface area contributed by atoms with Gasteiger partial charge in [0, 0.05) is 30.6 Å². The van der Waals surface area contributed by atoms with Crippen LogP contribution in [0.1, 0.15) is 16.1 Å². The maximum absolute atomic E-state index is 12.0. The van der Waals surface area contributed by atoms with Gasteiger partial charge in [0.2, 0.25) is 0 Å². The Kier molecular flexibility index (Phi) is 4.25. The Balaban J connectivity index is 1.58. The molecule has 0 saturated carbocycles. The maximum Gasteiger partial charge on any atom is 0.273 e. The minimum atomic E-state index is -0.236. The number of carbonyl (C=O) groups excluding carboxylic acids is 1. The number of benzene rings is 1. The lowest BCUT2D eigenvalue weighted by Crippen LogP contribution is -2.25. The highest BCUT2D eigenvalue weighted by Gasteiger charge is 2.12. The third kappa shape index (κ3) is 3.38. The van der Waals surface area contributed by atoms with Gasteiger partial charge >= 0.3 is 0 Å². The number of rotatable bonds is 5. The molecule has 3 aromatic rings. The number of hydrogen-bond donors (Lipinski definition) is 1. The standard InChI is InChI=1S/C17H15N3O2/c21-17(19-11-8-13-6-9-18-10-7-13)15-12-16(22-20-15)14-4-2-1-3-5-14/h1-7,9-10,12H,8,11H2,(H,19,21). The average Bonchev–Trinajstić information content (AvgIpc) is 3.07. The van der Waals surface area contributed by atoms with Crippen LogP contribution in [0.5, 0.6) is 0 Å². The first-order valence-electron chi connectivity index (χ1n) is 7.02. The van der Waals surface area contributed by atoms with Gasteiger partial charge in [-0.15, -0.1) is 0 Å². The van der Waals surface area contributed by atoms with E-state index in [1.54, 1.807) is 18.5 Å². The molecule has 0 radical (unpaired) electrons. The molecular weight excluding hydrogens is 278 g/mol. The summed E-state index contributed by atoms with van der Waals surface area (Å²) in [6.45, 7) is 0.538. The van der Waals surface area contributed by atoms with Crippen molar-refractivity contribution >= 4 is 5.91 Å². The van der Waals surface area contributed by atoms with Gasteiger partial charge in [0.15, 0.2) is 11.5 Å². The lowest BCUT2D eigenvalue weighted by Gasteiger charge is -2.02. The molecule has 1 aromatic carbocycles. The highest BCUT2D eigenvalue weighted by Crippen LogP contribution is 2.19. The van der Waals surface area contributed by atoms with Crippen molar-refractivity contribution in [1.29, 1.82) is 0 Å². The molecular formula is C17H15N3O2. The van der Waals surface area contributed by atoms with Crippen LogP contribution in [-0.4, -0.2) is 22.6 Å². The third-order valence-corrected chi connectivity index (χ3v) is 3.25. The van der Waals surface area contributed by atoms with Gasteiger partial charge in [-0.25, -0.2) is 0 Å². The third-order valence-electron chi connectivity index (χ3n) is 3.25. The Morgan fingerprint density at radius 3 is 2.64 bits per heavy atom. The first-order chi connectivity index (χ1) is 10.8. The SMILES string of the molecule is O=C(NCCc1ccncc1)c1cc(-c2ccccc2)on1.